The third-order valence-corrected chi connectivity index (χ3v) is 6.32. The zero-order chi connectivity index (χ0) is 18.9. The SMILES string of the molecule is O=S(=O)(c1ccccc1)c1cc2ccccc2oc1=Nc1ccc(Br)cc1. The van der Waals surface area contributed by atoms with Crippen LogP contribution in [0.2, 0.25) is 0 Å². The number of benzene rings is 3. The largest absolute Gasteiger partial charge is 0.437 e. The van der Waals surface area contributed by atoms with Crippen molar-refractivity contribution in [3.63, 3.8) is 0 Å². The van der Waals surface area contributed by atoms with E-state index in [4.69, 9.17) is 4.42 Å². The first-order valence-electron chi connectivity index (χ1n) is 8.17. The molecule has 0 spiro atoms. The van der Waals surface area contributed by atoms with Gasteiger partial charge in [0.25, 0.3) is 0 Å². The minimum atomic E-state index is -3.79. The van der Waals surface area contributed by atoms with Crippen LogP contribution >= 0.6 is 15.9 Å². The van der Waals surface area contributed by atoms with Crippen LogP contribution in [-0.2, 0) is 9.84 Å². The molecule has 0 aliphatic carbocycles. The summed E-state index contributed by atoms with van der Waals surface area (Å²) < 4.78 is 33.2. The van der Waals surface area contributed by atoms with Gasteiger partial charge in [-0.25, -0.2) is 13.4 Å². The lowest BCUT2D eigenvalue weighted by molar-refractivity contribution is 0.517. The summed E-state index contributed by atoms with van der Waals surface area (Å²) in [5, 5.41) is 0.696. The molecule has 4 aromatic rings. The average Bonchev–Trinajstić information content (AvgIpc) is 2.70. The predicted octanol–water partition coefficient (Wildman–Crippen LogP) is 5.26. The van der Waals surface area contributed by atoms with Gasteiger partial charge in [-0.3, -0.25) is 0 Å². The van der Waals surface area contributed by atoms with Gasteiger partial charge in [0.15, 0.2) is 0 Å². The summed E-state index contributed by atoms with van der Waals surface area (Å²) in [4.78, 5) is 4.69. The highest BCUT2D eigenvalue weighted by molar-refractivity contribution is 9.10. The smallest absolute Gasteiger partial charge is 0.239 e. The van der Waals surface area contributed by atoms with E-state index in [0.29, 0.717) is 16.7 Å². The highest BCUT2D eigenvalue weighted by Crippen LogP contribution is 2.23. The van der Waals surface area contributed by atoms with Gasteiger partial charge in [-0.05, 0) is 48.5 Å². The van der Waals surface area contributed by atoms with Crippen LogP contribution in [0.1, 0.15) is 0 Å². The molecule has 0 radical (unpaired) electrons. The van der Waals surface area contributed by atoms with Crippen LogP contribution in [-0.4, -0.2) is 8.42 Å². The van der Waals surface area contributed by atoms with E-state index in [1.807, 2.05) is 30.3 Å². The fourth-order valence-corrected chi connectivity index (χ4v) is 4.31. The first-order chi connectivity index (χ1) is 13.0. The molecule has 4 nitrogen and oxygen atoms in total. The standard InChI is InChI=1S/C21H14BrNO3S/c22-16-10-12-17(13-11-16)23-21-20(14-15-6-4-5-9-19(15)26-21)27(24,25)18-7-2-1-3-8-18/h1-14H. The Kier molecular flexibility index (Phi) is 4.68. The van der Waals surface area contributed by atoms with Crippen molar-refractivity contribution in [3.05, 3.63) is 95.0 Å². The van der Waals surface area contributed by atoms with Crippen molar-refractivity contribution < 1.29 is 12.8 Å². The maximum Gasteiger partial charge on any atom is 0.239 e. The Hall–Kier alpha value is -2.70. The van der Waals surface area contributed by atoms with Crippen molar-refractivity contribution in [1.29, 1.82) is 0 Å². The summed E-state index contributed by atoms with van der Waals surface area (Å²) in [6, 6.07) is 24.4. The number of hydrogen-bond acceptors (Lipinski definition) is 4. The Morgan fingerprint density at radius 1 is 0.815 bits per heavy atom. The Labute approximate surface area is 164 Å². The molecule has 0 saturated carbocycles. The summed E-state index contributed by atoms with van der Waals surface area (Å²) in [5.41, 5.74) is 1.22. The molecule has 3 aromatic carbocycles. The Balaban J connectivity index is 2.02. The minimum absolute atomic E-state index is 0.0373. The van der Waals surface area contributed by atoms with Crippen LogP contribution in [0.15, 0.2) is 109 Å². The van der Waals surface area contributed by atoms with Crippen LogP contribution in [0.3, 0.4) is 0 Å². The van der Waals surface area contributed by atoms with Gasteiger partial charge < -0.3 is 4.42 Å². The van der Waals surface area contributed by atoms with Crippen molar-refractivity contribution in [3.8, 4) is 0 Å². The number of sulfone groups is 1. The number of fused-ring (bicyclic) bond motifs is 1. The van der Waals surface area contributed by atoms with E-state index in [2.05, 4.69) is 20.9 Å². The molecule has 134 valence electrons. The highest BCUT2D eigenvalue weighted by Gasteiger charge is 2.22. The molecule has 0 aliphatic heterocycles. The maximum atomic E-state index is 13.2. The topological polar surface area (TPSA) is 59.6 Å². The molecule has 27 heavy (non-hydrogen) atoms. The first kappa shape index (κ1) is 17.7. The molecule has 0 fully saturated rings. The highest BCUT2D eigenvalue weighted by atomic mass is 79.9. The molecule has 0 amide bonds. The van der Waals surface area contributed by atoms with Gasteiger partial charge in [0.2, 0.25) is 15.4 Å². The van der Waals surface area contributed by atoms with Crippen molar-refractivity contribution >= 4 is 42.4 Å². The summed E-state index contributed by atoms with van der Waals surface area (Å²) in [7, 11) is -3.79. The van der Waals surface area contributed by atoms with Crippen LogP contribution in [0.5, 0.6) is 0 Å². The fourth-order valence-electron chi connectivity index (χ4n) is 2.68. The summed E-state index contributed by atoms with van der Waals surface area (Å²) in [6.07, 6.45) is 0. The van der Waals surface area contributed by atoms with E-state index in [0.717, 1.165) is 4.47 Å². The zero-order valence-electron chi connectivity index (χ0n) is 14.0. The molecular weight excluding hydrogens is 426 g/mol. The molecule has 0 aliphatic rings. The fraction of sp³-hybridized carbons (Fsp3) is 0. The summed E-state index contributed by atoms with van der Waals surface area (Å²) in [6.45, 7) is 0. The maximum absolute atomic E-state index is 13.2. The Morgan fingerprint density at radius 3 is 2.22 bits per heavy atom. The number of rotatable bonds is 3. The third-order valence-electron chi connectivity index (χ3n) is 4.02. The predicted molar refractivity (Wildman–Crippen MR) is 107 cm³/mol. The molecule has 0 bridgehead atoms. The van der Waals surface area contributed by atoms with Gasteiger partial charge in [0.1, 0.15) is 10.5 Å². The second kappa shape index (κ2) is 7.13. The summed E-state index contributed by atoms with van der Waals surface area (Å²) in [5.74, 6) is 0. The van der Waals surface area contributed by atoms with Crippen LogP contribution in [0.4, 0.5) is 5.69 Å². The van der Waals surface area contributed by atoms with E-state index in [-0.39, 0.29) is 15.3 Å². The van der Waals surface area contributed by atoms with E-state index in [9.17, 15) is 8.42 Å². The lowest BCUT2D eigenvalue weighted by Crippen LogP contribution is -2.15. The number of nitrogens with zero attached hydrogens (tertiary/aromatic N) is 1. The van der Waals surface area contributed by atoms with Crippen LogP contribution in [0, 0.1) is 0 Å². The van der Waals surface area contributed by atoms with E-state index >= 15 is 0 Å². The number of para-hydroxylation sites is 1. The van der Waals surface area contributed by atoms with Crippen molar-refractivity contribution in [2.45, 2.75) is 9.79 Å². The molecule has 0 unspecified atom stereocenters. The lowest BCUT2D eigenvalue weighted by atomic mass is 10.2. The second-order valence-corrected chi connectivity index (χ2v) is 8.69. The molecule has 0 atom stereocenters. The van der Waals surface area contributed by atoms with E-state index in [1.165, 1.54) is 0 Å². The van der Waals surface area contributed by atoms with Crippen molar-refractivity contribution in [2.75, 3.05) is 0 Å². The third kappa shape index (κ3) is 3.59. The van der Waals surface area contributed by atoms with E-state index < -0.39 is 9.84 Å². The van der Waals surface area contributed by atoms with Gasteiger partial charge in [0.05, 0.1) is 10.6 Å². The van der Waals surface area contributed by atoms with Crippen molar-refractivity contribution in [2.24, 2.45) is 4.99 Å². The Morgan fingerprint density at radius 2 is 1.48 bits per heavy atom. The van der Waals surface area contributed by atoms with Crippen molar-refractivity contribution in [1.82, 2.24) is 0 Å². The average molecular weight is 440 g/mol. The lowest BCUT2D eigenvalue weighted by Gasteiger charge is -2.07. The molecule has 0 N–H and O–H groups in total. The Bertz CT molecular complexity index is 1280. The molecule has 1 aromatic heterocycles. The zero-order valence-corrected chi connectivity index (χ0v) is 16.4. The van der Waals surface area contributed by atoms with Gasteiger partial charge in [-0.1, -0.05) is 52.3 Å². The molecule has 6 heteroatoms. The van der Waals surface area contributed by atoms with Gasteiger partial charge in [-0.15, -0.1) is 0 Å². The molecule has 1 heterocycles. The van der Waals surface area contributed by atoms with E-state index in [1.54, 1.807) is 54.6 Å². The van der Waals surface area contributed by atoms with Crippen LogP contribution in [0.25, 0.3) is 11.0 Å². The quantitative estimate of drug-likeness (QED) is 0.437. The number of halogens is 1. The van der Waals surface area contributed by atoms with Crippen LogP contribution < -0.4 is 5.55 Å². The first-order valence-corrected chi connectivity index (χ1v) is 10.4. The summed E-state index contributed by atoms with van der Waals surface area (Å²) >= 11 is 3.38. The number of hydrogen-bond donors (Lipinski definition) is 0. The monoisotopic (exact) mass is 439 g/mol. The second-order valence-electron chi connectivity index (χ2n) is 5.86. The minimum Gasteiger partial charge on any atom is -0.437 e. The van der Waals surface area contributed by atoms with Gasteiger partial charge >= 0.3 is 0 Å². The normalized spacial score (nSPS) is 12.4. The molecule has 4 rings (SSSR count). The molecular formula is C21H14BrNO3S. The van der Waals surface area contributed by atoms with Gasteiger partial charge in [-0.2, -0.15) is 0 Å². The van der Waals surface area contributed by atoms with Gasteiger partial charge in [0, 0.05) is 9.86 Å². The molecule has 0 saturated heterocycles.